The Morgan fingerprint density at radius 1 is 0.964 bits per heavy atom. The second-order valence-electron chi connectivity index (χ2n) is 8.26. The van der Waals surface area contributed by atoms with Gasteiger partial charge in [-0.05, 0) is 82.6 Å². The summed E-state index contributed by atoms with van der Waals surface area (Å²) in [6, 6.07) is 7.41. The predicted octanol–water partition coefficient (Wildman–Crippen LogP) is 4.43. The van der Waals surface area contributed by atoms with Crippen LogP contribution in [0.4, 0.5) is 5.69 Å². The second kappa shape index (κ2) is 9.35. The lowest BCUT2D eigenvalue weighted by Crippen LogP contribution is -2.47. The molecule has 1 aromatic carbocycles. The number of Topliss-reactive ketones (excluding diaryl/α,β-unsaturated/α-hetero) is 1. The lowest BCUT2D eigenvalue weighted by molar-refractivity contribution is -0.141. The van der Waals surface area contributed by atoms with Crippen LogP contribution in [-0.2, 0) is 9.59 Å². The van der Waals surface area contributed by atoms with Crippen molar-refractivity contribution in [2.24, 2.45) is 11.8 Å². The third-order valence-corrected chi connectivity index (χ3v) is 6.39. The molecule has 5 nitrogen and oxygen atoms in total. The number of carbonyl (C=O) groups excluding carboxylic acids is 3. The third-order valence-electron chi connectivity index (χ3n) is 6.39. The van der Waals surface area contributed by atoms with Crippen molar-refractivity contribution in [1.82, 2.24) is 4.90 Å². The van der Waals surface area contributed by atoms with Crippen LogP contribution in [0, 0.1) is 11.8 Å². The van der Waals surface area contributed by atoms with Crippen molar-refractivity contribution >= 4 is 23.3 Å². The van der Waals surface area contributed by atoms with Crippen LogP contribution < -0.4 is 5.32 Å². The van der Waals surface area contributed by atoms with Crippen LogP contribution >= 0.6 is 0 Å². The Labute approximate surface area is 167 Å². The van der Waals surface area contributed by atoms with Crippen LogP contribution in [0.5, 0.6) is 0 Å². The van der Waals surface area contributed by atoms with Crippen molar-refractivity contribution < 1.29 is 14.4 Å². The number of amides is 2. The SMILES string of the molecule is CCC1CCCCN1C(=O)C1CCC(C(=O)Nc2ccc(C(C)=O)cc2)CC1. The molecule has 1 aromatic rings. The monoisotopic (exact) mass is 384 g/mol. The van der Waals surface area contributed by atoms with Crippen molar-refractivity contribution in [2.45, 2.75) is 71.3 Å². The highest BCUT2D eigenvalue weighted by molar-refractivity contribution is 5.96. The number of piperidine rings is 1. The van der Waals surface area contributed by atoms with Crippen LogP contribution in [-0.4, -0.2) is 35.1 Å². The molecule has 2 amide bonds. The first-order valence-electron chi connectivity index (χ1n) is 10.7. The maximum Gasteiger partial charge on any atom is 0.227 e. The molecule has 152 valence electrons. The fourth-order valence-electron chi connectivity index (χ4n) is 4.58. The molecule has 1 N–H and O–H groups in total. The summed E-state index contributed by atoms with van der Waals surface area (Å²) in [5.41, 5.74) is 1.35. The summed E-state index contributed by atoms with van der Waals surface area (Å²) in [5, 5.41) is 2.96. The molecule has 1 saturated carbocycles. The summed E-state index contributed by atoms with van der Waals surface area (Å²) >= 11 is 0. The molecular formula is C23H32N2O3. The van der Waals surface area contributed by atoms with E-state index in [0.717, 1.165) is 51.5 Å². The number of benzene rings is 1. The fraction of sp³-hybridized carbons (Fsp3) is 0.609. The first-order chi connectivity index (χ1) is 13.5. The minimum absolute atomic E-state index is 0.0138. The molecule has 28 heavy (non-hydrogen) atoms. The van der Waals surface area contributed by atoms with Gasteiger partial charge in [0.2, 0.25) is 11.8 Å². The predicted molar refractivity (Wildman–Crippen MR) is 110 cm³/mol. The molecular weight excluding hydrogens is 352 g/mol. The molecule has 1 atom stereocenters. The van der Waals surface area contributed by atoms with Gasteiger partial charge in [0.1, 0.15) is 0 Å². The molecule has 3 rings (SSSR count). The van der Waals surface area contributed by atoms with Gasteiger partial charge in [0, 0.05) is 35.7 Å². The molecule has 1 unspecified atom stereocenters. The Morgan fingerprint density at radius 3 is 2.21 bits per heavy atom. The Kier molecular flexibility index (Phi) is 6.87. The highest BCUT2D eigenvalue weighted by Gasteiger charge is 2.34. The average Bonchev–Trinajstić information content (AvgIpc) is 2.73. The summed E-state index contributed by atoms with van der Waals surface area (Å²) in [6.07, 6.45) is 7.62. The number of hydrogen-bond donors (Lipinski definition) is 1. The van der Waals surface area contributed by atoms with E-state index in [1.807, 2.05) is 0 Å². The van der Waals surface area contributed by atoms with Crippen molar-refractivity contribution in [3.8, 4) is 0 Å². The maximum atomic E-state index is 13.0. The third kappa shape index (κ3) is 4.81. The van der Waals surface area contributed by atoms with Crippen LogP contribution in [0.3, 0.4) is 0 Å². The van der Waals surface area contributed by atoms with Crippen molar-refractivity contribution in [2.75, 3.05) is 11.9 Å². The van der Waals surface area contributed by atoms with E-state index < -0.39 is 0 Å². The number of carbonyl (C=O) groups is 3. The Hall–Kier alpha value is -2.17. The van der Waals surface area contributed by atoms with Crippen LogP contribution in [0.25, 0.3) is 0 Å². The van der Waals surface area contributed by atoms with Gasteiger partial charge in [-0.25, -0.2) is 0 Å². The number of likely N-dealkylation sites (tertiary alicyclic amines) is 1. The van der Waals surface area contributed by atoms with E-state index in [2.05, 4.69) is 17.1 Å². The largest absolute Gasteiger partial charge is 0.339 e. The van der Waals surface area contributed by atoms with E-state index in [-0.39, 0.29) is 23.5 Å². The first kappa shape index (κ1) is 20.6. The molecule has 1 saturated heterocycles. The highest BCUT2D eigenvalue weighted by Crippen LogP contribution is 2.33. The van der Waals surface area contributed by atoms with E-state index in [9.17, 15) is 14.4 Å². The lowest BCUT2D eigenvalue weighted by atomic mass is 9.80. The number of hydrogen-bond acceptors (Lipinski definition) is 3. The van der Waals surface area contributed by atoms with Crippen molar-refractivity contribution in [3.05, 3.63) is 29.8 Å². The lowest BCUT2D eigenvalue weighted by Gasteiger charge is -2.39. The van der Waals surface area contributed by atoms with Gasteiger partial charge >= 0.3 is 0 Å². The molecule has 0 radical (unpaired) electrons. The van der Waals surface area contributed by atoms with Crippen molar-refractivity contribution in [1.29, 1.82) is 0 Å². The molecule has 1 heterocycles. The minimum atomic E-state index is -0.0418. The van der Waals surface area contributed by atoms with E-state index in [1.54, 1.807) is 24.3 Å². The van der Waals surface area contributed by atoms with Crippen LogP contribution in [0.1, 0.15) is 75.6 Å². The number of nitrogens with zero attached hydrogens (tertiary/aromatic N) is 1. The zero-order chi connectivity index (χ0) is 20.1. The summed E-state index contributed by atoms with van der Waals surface area (Å²) in [5.74, 6) is 0.377. The quantitative estimate of drug-likeness (QED) is 0.764. The van der Waals surface area contributed by atoms with Gasteiger partial charge in [0.05, 0.1) is 0 Å². The van der Waals surface area contributed by atoms with Gasteiger partial charge in [-0.1, -0.05) is 6.92 Å². The second-order valence-corrected chi connectivity index (χ2v) is 8.26. The normalized spacial score (nSPS) is 25.2. The standard InChI is InChI=1S/C23H32N2O3/c1-3-21-6-4-5-15-25(21)23(28)19-9-7-18(8-10-19)22(27)24-20-13-11-17(12-14-20)16(2)26/h11-14,18-19,21H,3-10,15H2,1-2H3,(H,24,27). The molecule has 0 spiro atoms. The average molecular weight is 385 g/mol. The van der Waals surface area contributed by atoms with Gasteiger partial charge < -0.3 is 10.2 Å². The molecule has 2 aliphatic rings. The van der Waals surface area contributed by atoms with Gasteiger partial charge in [0.25, 0.3) is 0 Å². The molecule has 0 aromatic heterocycles. The summed E-state index contributed by atoms with van der Waals surface area (Å²) < 4.78 is 0. The molecule has 1 aliphatic carbocycles. The zero-order valence-electron chi connectivity index (χ0n) is 17.1. The number of rotatable bonds is 5. The topological polar surface area (TPSA) is 66.5 Å². The highest BCUT2D eigenvalue weighted by atomic mass is 16.2. The van der Waals surface area contributed by atoms with Gasteiger partial charge in [-0.15, -0.1) is 0 Å². The number of nitrogens with one attached hydrogen (secondary N) is 1. The maximum absolute atomic E-state index is 13.0. The van der Waals surface area contributed by atoms with Gasteiger partial charge in [0.15, 0.2) is 5.78 Å². The Balaban J connectivity index is 1.51. The number of ketones is 1. The summed E-state index contributed by atoms with van der Waals surface area (Å²) in [7, 11) is 0. The molecule has 2 fully saturated rings. The molecule has 1 aliphatic heterocycles. The van der Waals surface area contributed by atoms with Gasteiger partial charge in [-0.2, -0.15) is 0 Å². The van der Waals surface area contributed by atoms with E-state index in [4.69, 9.17) is 0 Å². The Morgan fingerprint density at radius 2 is 1.61 bits per heavy atom. The number of anilines is 1. The van der Waals surface area contributed by atoms with Crippen LogP contribution in [0.15, 0.2) is 24.3 Å². The first-order valence-corrected chi connectivity index (χ1v) is 10.7. The fourth-order valence-corrected chi connectivity index (χ4v) is 4.58. The summed E-state index contributed by atoms with van der Waals surface area (Å²) in [4.78, 5) is 39.0. The zero-order valence-corrected chi connectivity index (χ0v) is 17.1. The van der Waals surface area contributed by atoms with E-state index in [1.165, 1.54) is 13.3 Å². The van der Waals surface area contributed by atoms with E-state index >= 15 is 0 Å². The minimum Gasteiger partial charge on any atom is -0.339 e. The van der Waals surface area contributed by atoms with E-state index in [0.29, 0.717) is 23.2 Å². The van der Waals surface area contributed by atoms with Gasteiger partial charge in [-0.3, -0.25) is 14.4 Å². The Bertz CT molecular complexity index is 705. The molecule has 5 heteroatoms. The summed E-state index contributed by atoms with van der Waals surface area (Å²) in [6.45, 7) is 4.59. The molecule has 0 bridgehead atoms. The van der Waals surface area contributed by atoms with Crippen LogP contribution in [0.2, 0.25) is 0 Å². The van der Waals surface area contributed by atoms with Crippen molar-refractivity contribution in [3.63, 3.8) is 0 Å². The smallest absolute Gasteiger partial charge is 0.227 e.